The minimum absolute atomic E-state index is 0.00726. The van der Waals surface area contributed by atoms with Gasteiger partial charge in [-0.3, -0.25) is 19.3 Å². The number of aromatic nitrogens is 1. The lowest BCUT2D eigenvalue weighted by Gasteiger charge is -2.51. The minimum atomic E-state index is -0.988. The molecule has 1 amide bonds. The summed E-state index contributed by atoms with van der Waals surface area (Å²) < 4.78 is 36.7. The van der Waals surface area contributed by atoms with Crippen LogP contribution in [0.2, 0.25) is 0 Å². The first-order valence-electron chi connectivity index (χ1n) is 12.2. The molecule has 1 saturated heterocycles. The summed E-state index contributed by atoms with van der Waals surface area (Å²) in [6, 6.07) is 13.5. The first-order chi connectivity index (χ1) is 19.0. The summed E-state index contributed by atoms with van der Waals surface area (Å²) in [5, 5.41) is 1.98. The van der Waals surface area contributed by atoms with Gasteiger partial charge in [-0.1, -0.05) is 24.3 Å². The molecule has 0 N–H and O–H groups in total. The number of morpholine rings is 1. The molecule has 0 radical (unpaired) electrons. The molecule has 0 bridgehead atoms. The van der Waals surface area contributed by atoms with Crippen LogP contribution in [0.3, 0.4) is 0 Å². The third-order valence-electron chi connectivity index (χ3n) is 6.96. The van der Waals surface area contributed by atoms with Crippen molar-refractivity contribution in [1.82, 2.24) is 9.58 Å². The van der Waals surface area contributed by atoms with Crippen LogP contribution in [-0.2, 0) is 20.0 Å². The van der Waals surface area contributed by atoms with E-state index in [-0.39, 0.29) is 23.9 Å². The Kier molecular flexibility index (Phi) is 6.65. The summed E-state index contributed by atoms with van der Waals surface area (Å²) in [4.78, 5) is 40.9. The van der Waals surface area contributed by atoms with Gasteiger partial charge >= 0.3 is 6.16 Å². The Morgan fingerprint density at radius 3 is 2.85 bits per heavy atom. The van der Waals surface area contributed by atoms with E-state index in [1.165, 1.54) is 24.4 Å². The molecular weight excluding hydrogens is 529 g/mol. The maximum absolute atomic E-state index is 14.4. The van der Waals surface area contributed by atoms with Crippen molar-refractivity contribution in [1.29, 1.82) is 0 Å². The van der Waals surface area contributed by atoms with E-state index in [2.05, 4.69) is 4.74 Å². The van der Waals surface area contributed by atoms with Crippen molar-refractivity contribution in [3.63, 3.8) is 0 Å². The lowest BCUT2D eigenvalue weighted by atomic mass is 9.93. The molecule has 0 spiro atoms. The average Bonchev–Trinajstić information content (AvgIpc) is 3.11. The number of halogens is 1. The van der Waals surface area contributed by atoms with E-state index in [4.69, 9.17) is 14.2 Å². The van der Waals surface area contributed by atoms with Gasteiger partial charge in [0, 0.05) is 29.5 Å². The van der Waals surface area contributed by atoms with Crippen LogP contribution < -0.4 is 15.2 Å². The average molecular weight is 554 g/mol. The second-order valence-electron chi connectivity index (χ2n) is 9.07. The molecule has 12 heteroatoms. The van der Waals surface area contributed by atoms with E-state index < -0.39 is 36.5 Å². The highest BCUT2D eigenvalue weighted by molar-refractivity contribution is 7.98. The second kappa shape index (κ2) is 10.3. The number of hydrogen-bond acceptors (Lipinski definition) is 9. The van der Waals surface area contributed by atoms with Crippen LogP contribution in [0, 0.1) is 5.82 Å². The van der Waals surface area contributed by atoms with E-state index in [0.29, 0.717) is 18.9 Å². The first kappa shape index (κ1) is 25.3. The van der Waals surface area contributed by atoms with Crippen molar-refractivity contribution >= 4 is 23.8 Å². The SMILES string of the molecule is COC(=O)OCOc1c2n(ccc1=O)N([C@H]1c3ccc(F)cc3CSc3ccccc31)[C@@H]1COCCN1C2=O. The molecule has 39 heavy (non-hydrogen) atoms. The highest BCUT2D eigenvalue weighted by atomic mass is 32.2. The molecule has 3 aliphatic heterocycles. The number of carbonyl (C=O) groups is 2. The van der Waals surface area contributed by atoms with Gasteiger partial charge in [0.25, 0.3) is 5.91 Å². The number of benzene rings is 2. The molecule has 3 aromatic rings. The molecule has 1 aromatic heterocycles. The van der Waals surface area contributed by atoms with Crippen LogP contribution in [0.5, 0.6) is 5.75 Å². The highest BCUT2D eigenvalue weighted by Gasteiger charge is 2.46. The van der Waals surface area contributed by atoms with Gasteiger partial charge in [-0.25, -0.2) is 9.18 Å². The molecule has 10 nitrogen and oxygen atoms in total. The minimum Gasteiger partial charge on any atom is -0.451 e. The molecular formula is C27H24FN3O7S. The number of methoxy groups -OCH3 is 1. The Morgan fingerprint density at radius 1 is 1.15 bits per heavy atom. The molecule has 4 heterocycles. The number of amides is 1. The van der Waals surface area contributed by atoms with Crippen LogP contribution in [0.15, 0.2) is 64.4 Å². The van der Waals surface area contributed by atoms with Crippen molar-refractivity contribution in [2.45, 2.75) is 22.9 Å². The van der Waals surface area contributed by atoms with Crippen molar-refractivity contribution < 1.29 is 32.9 Å². The largest absolute Gasteiger partial charge is 0.510 e. The van der Waals surface area contributed by atoms with Gasteiger partial charge in [0.05, 0.1) is 26.4 Å². The summed E-state index contributed by atoms with van der Waals surface area (Å²) in [7, 11) is 1.15. The number of rotatable bonds is 4. The molecule has 0 unspecified atom stereocenters. The highest BCUT2D eigenvalue weighted by Crippen LogP contribution is 2.44. The molecule has 0 saturated carbocycles. The summed E-state index contributed by atoms with van der Waals surface area (Å²) >= 11 is 1.61. The number of carbonyl (C=O) groups excluding carboxylic acids is 2. The molecule has 2 atom stereocenters. The Hall–Kier alpha value is -4.03. The number of thioether (sulfide) groups is 1. The fourth-order valence-electron chi connectivity index (χ4n) is 5.27. The van der Waals surface area contributed by atoms with Gasteiger partial charge in [-0.05, 0) is 34.9 Å². The third-order valence-corrected chi connectivity index (χ3v) is 8.10. The van der Waals surface area contributed by atoms with E-state index in [9.17, 15) is 18.8 Å². The lowest BCUT2D eigenvalue weighted by Crippen LogP contribution is -2.66. The predicted molar refractivity (Wildman–Crippen MR) is 138 cm³/mol. The standard InChI is InChI=1S/C27H24FN3O7S/c1-35-27(34)38-15-37-25-20(32)8-9-30-24(25)26(33)29-10-11-36-13-22(29)31(30)23-18-7-6-17(28)12-16(18)14-39-21-5-3-2-4-19(21)23/h2-9,12,22-23H,10-11,13-15H2,1H3/t22-,23+/m1/s1. The molecule has 0 aliphatic carbocycles. The molecule has 2 aromatic carbocycles. The Morgan fingerprint density at radius 2 is 2.00 bits per heavy atom. The Bertz CT molecular complexity index is 1510. The van der Waals surface area contributed by atoms with E-state index in [1.807, 2.05) is 29.3 Å². The van der Waals surface area contributed by atoms with Gasteiger partial charge in [-0.2, -0.15) is 0 Å². The van der Waals surface area contributed by atoms with E-state index in [0.717, 1.165) is 28.7 Å². The van der Waals surface area contributed by atoms with Crippen molar-refractivity contribution in [3.8, 4) is 5.75 Å². The fourth-order valence-corrected chi connectivity index (χ4v) is 6.35. The van der Waals surface area contributed by atoms with Crippen LogP contribution >= 0.6 is 11.8 Å². The maximum Gasteiger partial charge on any atom is 0.510 e. The summed E-state index contributed by atoms with van der Waals surface area (Å²) in [5.74, 6) is -0.437. The summed E-state index contributed by atoms with van der Waals surface area (Å²) in [6.45, 7) is 0.222. The van der Waals surface area contributed by atoms with Crippen LogP contribution in [0.4, 0.5) is 9.18 Å². The topological polar surface area (TPSA) is 99.5 Å². The van der Waals surface area contributed by atoms with E-state index >= 15 is 0 Å². The van der Waals surface area contributed by atoms with Crippen molar-refractivity contribution in [2.75, 3.05) is 38.7 Å². The normalized spacial score (nSPS) is 19.7. The number of hydrogen-bond donors (Lipinski definition) is 0. The second-order valence-corrected chi connectivity index (χ2v) is 10.1. The number of pyridine rings is 1. The summed E-state index contributed by atoms with van der Waals surface area (Å²) in [5.41, 5.74) is 2.11. The Balaban J connectivity index is 1.56. The van der Waals surface area contributed by atoms with Crippen LogP contribution in [0.25, 0.3) is 0 Å². The number of nitrogens with zero attached hydrogens (tertiary/aromatic N) is 3. The number of fused-ring (bicyclic) bond motifs is 4. The fraction of sp³-hybridized carbons (Fsp3) is 0.296. The molecule has 3 aliphatic rings. The smallest absolute Gasteiger partial charge is 0.451 e. The van der Waals surface area contributed by atoms with Crippen molar-refractivity contribution in [2.24, 2.45) is 0 Å². The van der Waals surface area contributed by atoms with Gasteiger partial charge in [-0.15, -0.1) is 11.8 Å². The van der Waals surface area contributed by atoms with Crippen LogP contribution in [-0.4, -0.2) is 61.5 Å². The van der Waals surface area contributed by atoms with Gasteiger partial charge in [0.2, 0.25) is 18.0 Å². The monoisotopic (exact) mass is 553 g/mol. The third kappa shape index (κ3) is 4.39. The van der Waals surface area contributed by atoms with Crippen molar-refractivity contribution in [3.05, 3.63) is 93.2 Å². The lowest BCUT2D eigenvalue weighted by molar-refractivity contribution is -0.0209. The van der Waals surface area contributed by atoms with Crippen LogP contribution in [0.1, 0.15) is 33.2 Å². The molecule has 202 valence electrons. The first-order valence-corrected chi connectivity index (χ1v) is 13.2. The predicted octanol–water partition coefficient (Wildman–Crippen LogP) is 3.25. The quantitative estimate of drug-likeness (QED) is 0.356. The zero-order valence-electron chi connectivity index (χ0n) is 20.9. The molecule has 1 fully saturated rings. The van der Waals surface area contributed by atoms with Gasteiger partial charge in [0.15, 0.2) is 5.69 Å². The zero-order valence-corrected chi connectivity index (χ0v) is 21.7. The Labute approximate surface area is 226 Å². The summed E-state index contributed by atoms with van der Waals surface area (Å²) in [6.07, 6.45) is 0.0105. The molecule has 6 rings (SSSR count). The zero-order chi connectivity index (χ0) is 27.1. The van der Waals surface area contributed by atoms with Gasteiger partial charge in [0.1, 0.15) is 12.0 Å². The van der Waals surface area contributed by atoms with E-state index in [1.54, 1.807) is 27.4 Å². The van der Waals surface area contributed by atoms with Gasteiger partial charge < -0.3 is 23.8 Å². The number of ether oxygens (including phenoxy) is 4. The maximum atomic E-state index is 14.4.